The minimum atomic E-state index is -0.853. The Hall–Kier alpha value is -2.96. The van der Waals surface area contributed by atoms with Crippen molar-refractivity contribution in [1.82, 2.24) is 10.2 Å². The normalized spacial score (nSPS) is 10.7. The van der Waals surface area contributed by atoms with Crippen molar-refractivity contribution in [1.29, 1.82) is 0 Å². The van der Waals surface area contributed by atoms with Crippen molar-refractivity contribution < 1.29 is 18.0 Å². The number of carbonyl (C=O) groups excluding carboxylic acids is 1. The van der Waals surface area contributed by atoms with Gasteiger partial charge in [0.15, 0.2) is 5.76 Å². The number of halogens is 2. The summed E-state index contributed by atoms with van der Waals surface area (Å²) < 4.78 is 32.5. The Morgan fingerprint density at radius 2 is 1.95 bits per heavy atom. The molecule has 22 heavy (non-hydrogen) atoms. The Morgan fingerprint density at radius 1 is 1.23 bits per heavy atom. The van der Waals surface area contributed by atoms with E-state index in [-0.39, 0.29) is 11.3 Å². The van der Waals surface area contributed by atoms with Gasteiger partial charge in [-0.25, -0.2) is 8.78 Å². The van der Waals surface area contributed by atoms with Crippen molar-refractivity contribution in [2.75, 3.05) is 5.32 Å². The molecule has 2 aromatic heterocycles. The molecule has 1 aromatic carbocycles. The van der Waals surface area contributed by atoms with Gasteiger partial charge >= 0.3 is 0 Å². The van der Waals surface area contributed by atoms with Gasteiger partial charge in [0.05, 0.1) is 11.8 Å². The van der Waals surface area contributed by atoms with Crippen molar-refractivity contribution in [3.05, 3.63) is 59.5 Å². The van der Waals surface area contributed by atoms with E-state index < -0.39 is 23.2 Å². The fourth-order valence-corrected chi connectivity index (χ4v) is 2.09. The van der Waals surface area contributed by atoms with Crippen LogP contribution in [0.3, 0.4) is 0 Å². The van der Waals surface area contributed by atoms with Crippen LogP contribution in [0, 0.1) is 18.6 Å². The number of hydrogen-bond acceptors (Lipinski definition) is 3. The zero-order valence-corrected chi connectivity index (χ0v) is 11.5. The molecule has 0 aliphatic rings. The first-order valence-electron chi connectivity index (χ1n) is 6.42. The van der Waals surface area contributed by atoms with Gasteiger partial charge in [-0.1, -0.05) is 6.07 Å². The molecule has 0 fully saturated rings. The Balaban J connectivity index is 1.98. The fourth-order valence-electron chi connectivity index (χ4n) is 2.09. The maximum absolute atomic E-state index is 13.6. The maximum atomic E-state index is 13.6. The number of furan rings is 1. The molecule has 0 saturated heterocycles. The molecule has 0 saturated carbocycles. The summed E-state index contributed by atoms with van der Waals surface area (Å²) in [5.74, 6) is -2.01. The van der Waals surface area contributed by atoms with Gasteiger partial charge in [-0.15, -0.1) is 0 Å². The molecule has 2 heterocycles. The molecule has 5 nitrogen and oxygen atoms in total. The SMILES string of the molecule is Cc1[nH]nc(-c2ccco2)c1C(=O)Nc1c(F)cccc1F. The van der Waals surface area contributed by atoms with Crippen molar-refractivity contribution in [3.63, 3.8) is 0 Å². The number of nitrogens with one attached hydrogen (secondary N) is 2. The summed E-state index contributed by atoms with van der Waals surface area (Å²) in [5.41, 5.74) is 0.397. The molecule has 0 radical (unpaired) electrons. The standard InChI is InChI=1S/C15H11F2N3O2/c1-8-12(14(20-19-8)11-6-3-7-22-11)15(21)18-13-9(16)4-2-5-10(13)17/h2-7H,1H3,(H,18,21)(H,19,20). The van der Waals surface area contributed by atoms with E-state index in [0.29, 0.717) is 11.5 Å². The number of hydrogen-bond donors (Lipinski definition) is 2. The second-order valence-electron chi connectivity index (χ2n) is 4.60. The Bertz CT molecular complexity index is 805. The van der Waals surface area contributed by atoms with Gasteiger partial charge < -0.3 is 9.73 Å². The van der Waals surface area contributed by atoms with Gasteiger partial charge in [-0.3, -0.25) is 9.89 Å². The van der Waals surface area contributed by atoms with Crippen LogP contribution in [-0.2, 0) is 0 Å². The van der Waals surface area contributed by atoms with Crippen LogP contribution in [0.15, 0.2) is 41.0 Å². The van der Waals surface area contributed by atoms with E-state index in [1.807, 2.05) is 0 Å². The van der Waals surface area contributed by atoms with Crippen LogP contribution in [0.5, 0.6) is 0 Å². The van der Waals surface area contributed by atoms with E-state index >= 15 is 0 Å². The number of aromatic nitrogens is 2. The minimum absolute atomic E-state index is 0.164. The van der Waals surface area contributed by atoms with Crippen LogP contribution in [0.1, 0.15) is 16.1 Å². The second kappa shape index (κ2) is 5.44. The van der Waals surface area contributed by atoms with Gasteiger partial charge in [-0.2, -0.15) is 5.10 Å². The zero-order valence-electron chi connectivity index (χ0n) is 11.5. The lowest BCUT2D eigenvalue weighted by Crippen LogP contribution is -2.15. The molecular formula is C15H11F2N3O2. The number of carbonyl (C=O) groups is 1. The summed E-state index contributed by atoms with van der Waals surface area (Å²) in [7, 11) is 0. The highest BCUT2D eigenvalue weighted by Gasteiger charge is 2.23. The Kier molecular flexibility index (Phi) is 3.46. The average Bonchev–Trinajstić information content (AvgIpc) is 3.11. The minimum Gasteiger partial charge on any atom is -0.463 e. The van der Waals surface area contributed by atoms with Crippen molar-refractivity contribution in [2.24, 2.45) is 0 Å². The fraction of sp³-hybridized carbons (Fsp3) is 0.0667. The molecule has 0 spiro atoms. The largest absolute Gasteiger partial charge is 0.463 e. The van der Waals surface area contributed by atoms with E-state index in [1.165, 1.54) is 12.3 Å². The van der Waals surface area contributed by atoms with Crippen LogP contribution in [0.25, 0.3) is 11.5 Å². The first-order chi connectivity index (χ1) is 10.6. The summed E-state index contributed by atoms with van der Waals surface area (Å²) in [6.45, 7) is 1.63. The number of H-pyrrole nitrogens is 1. The highest BCUT2D eigenvalue weighted by molar-refractivity contribution is 6.08. The molecule has 0 atom stereocenters. The van der Waals surface area contributed by atoms with Crippen LogP contribution in [0.2, 0.25) is 0 Å². The Labute approximate surface area is 124 Å². The highest BCUT2D eigenvalue weighted by Crippen LogP contribution is 2.26. The van der Waals surface area contributed by atoms with Gasteiger partial charge in [0.1, 0.15) is 23.0 Å². The average molecular weight is 303 g/mol. The van der Waals surface area contributed by atoms with E-state index in [1.54, 1.807) is 19.1 Å². The van der Waals surface area contributed by atoms with Crippen LogP contribution in [0.4, 0.5) is 14.5 Å². The van der Waals surface area contributed by atoms with Gasteiger partial charge in [0, 0.05) is 5.69 Å². The Morgan fingerprint density at radius 3 is 2.59 bits per heavy atom. The predicted octanol–water partition coefficient (Wildman–Crippen LogP) is 3.51. The third-order valence-corrected chi connectivity index (χ3v) is 3.13. The van der Waals surface area contributed by atoms with Gasteiger partial charge in [-0.05, 0) is 31.2 Å². The third-order valence-electron chi connectivity index (χ3n) is 3.13. The van der Waals surface area contributed by atoms with Crippen LogP contribution in [-0.4, -0.2) is 16.1 Å². The zero-order chi connectivity index (χ0) is 15.7. The number of aryl methyl sites for hydroxylation is 1. The number of benzene rings is 1. The topological polar surface area (TPSA) is 70.9 Å². The van der Waals surface area contributed by atoms with Crippen molar-refractivity contribution in [3.8, 4) is 11.5 Å². The molecule has 2 N–H and O–H groups in total. The number of amides is 1. The number of para-hydroxylation sites is 1. The molecule has 0 aliphatic carbocycles. The maximum Gasteiger partial charge on any atom is 0.260 e. The van der Waals surface area contributed by atoms with Crippen molar-refractivity contribution in [2.45, 2.75) is 6.92 Å². The summed E-state index contributed by atoms with van der Waals surface area (Å²) in [4.78, 5) is 12.4. The molecule has 1 amide bonds. The summed E-state index contributed by atoms with van der Waals surface area (Å²) in [6, 6.07) is 6.63. The smallest absolute Gasteiger partial charge is 0.260 e. The lowest BCUT2D eigenvalue weighted by atomic mass is 10.1. The van der Waals surface area contributed by atoms with E-state index in [2.05, 4.69) is 15.5 Å². The lowest BCUT2D eigenvalue weighted by molar-refractivity contribution is 0.102. The third kappa shape index (κ3) is 2.37. The number of anilines is 1. The highest BCUT2D eigenvalue weighted by atomic mass is 19.1. The molecule has 112 valence electrons. The van der Waals surface area contributed by atoms with Gasteiger partial charge in [0.2, 0.25) is 0 Å². The van der Waals surface area contributed by atoms with Crippen molar-refractivity contribution >= 4 is 11.6 Å². The molecule has 0 unspecified atom stereocenters. The summed E-state index contributed by atoms with van der Waals surface area (Å²) in [5, 5.41) is 8.90. The van der Waals surface area contributed by atoms with Gasteiger partial charge in [0.25, 0.3) is 5.91 Å². The van der Waals surface area contributed by atoms with E-state index in [4.69, 9.17) is 4.42 Å². The molecule has 7 heteroatoms. The quantitative estimate of drug-likeness (QED) is 0.778. The van der Waals surface area contributed by atoms with E-state index in [9.17, 15) is 13.6 Å². The molecular weight excluding hydrogens is 292 g/mol. The molecule has 0 aliphatic heterocycles. The molecule has 3 aromatic rings. The van der Waals surface area contributed by atoms with Crippen LogP contribution >= 0.6 is 0 Å². The predicted molar refractivity (Wildman–Crippen MR) is 75.3 cm³/mol. The second-order valence-corrected chi connectivity index (χ2v) is 4.60. The number of nitrogens with zero attached hydrogens (tertiary/aromatic N) is 1. The first kappa shape index (κ1) is 14.0. The first-order valence-corrected chi connectivity index (χ1v) is 6.42. The van der Waals surface area contributed by atoms with E-state index in [0.717, 1.165) is 12.1 Å². The molecule has 3 rings (SSSR count). The monoisotopic (exact) mass is 303 g/mol. The summed E-state index contributed by atoms with van der Waals surface area (Å²) in [6.07, 6.45) is 1.44. The number of rotatable bonds is 3. The lowest BCUT2D eigenvalue weighted by Gasteiger charge is -2.07. The van der Waals surface area contributed by atoms with Crippen LogP contribution < -0.4 is 5.32 Å². The molecule has 0 bridgehead atoms. The number of aromatic amines is 1. The summed E-state index contributed by atoms with van der Waals surface area (Å²) >= 11 is 0.